The van der Waals surface area contributed by atoms with Gasteiger partial charge in [-0.05, 0) is 25.5 Å². The van der Waals surface area contributed by atoms with Crippen molar-refractivity contribution in [2.75, 3.05) is 5.32 Å². The largest absolute Gasteiger partial charge is 0.507 e. The van der Waals surface area contributed by atoms with E-state index in [1.165, 1.54) is 0 Å². The maximum atomic E-state index is 11.9. The normalized spacial score (nSPS) is 10.2. The number of imidazole rings is 1. The van der Waals surface area contributed by atoms with Crippen LogP contribution in [-0.4, -0.2) is 21.0 Å². The van der Waals surface area contributed by atoms with Crippen LogP contribution in [0.3, 0.4) is 0 Å². The molecule has 0 bridgehead atoms. The molecule has 0 atom stereocenters. The number of benzene rings is 1. The molecular formula is C12H13N3O2. The summed E-state index contributed by atoms with van der Waals surface area (Å²) in [5, 5.41) is 12.3. The second-order valence-corrected chi connectivity index (χ2v) is 3.84. The number of hydrogen-bond donors (Lipinski definition) is 3. The number of phenols is 1. The molecule has 0 saturated carbocycles. The van der Waals surface area contributed by atoms with E-state index in [-0.39, 0.29) is 17.2 Å². The first-order valence-corrected chi connectivity index (χ1v) is 5.19. The zero-order chi connectivity index (χ0) is 12.4. The Bertz CT molecular complexity index is 561. The summed E-state index contributed by atoms with van der Waals surface area (Å²) in [6.45, 7) is 3.58. The lowest BCUT2D eigenvalue weighted by molar-refractivity contribution is 0.102. The summed E-state index contributed by atoms with van der Waals surface area (Å²) in [6.07, 6.45) is 1.62. The highest BCUT2D eigenvalue weighted by atomic mass is 16.3. The number of aromatic amines is 1. The number of hydrogen-bond acceptors (Lipinski definition) is 3. The van der Waals surface area contributed by atoms with Gasteiger partial charge >= 0.3 is 0 Å². The quantitative estimate of drug-likeness (QED) is 0.739. The average molecular weight is 231 g/mol. The predicted octanol–water partition coefficient (Wildman–Crippen LogP) is 1.98. The number of anilines is 1. The number of carbonyl (C=O) groups excluding carboxylic acids is 1. The summed E-state index contributed by atoms with van der Waals surface area (Å²) in [5.41, 5.74) is 1.75. The SMILES string of the molecule is Cc1cnc(NC(=O)c2cccc(C)c2O)[nH]1. The van der Waals surface area contributed by atoms with Crippen molar-refractivity contribution < 1.29 is 9.90 Å². The first-order chi connectivity index (χ1) is 8.08. The van der Waals surface area contributed by atoms with Gasteiger partial charge in [-0.15, -0.1) is 0 Å². The number of nitrogens with zero attached hydrogens (tertiary/aromatic N) is 1. The molecule has 1 amide bonds. The van der Waals surface area contributed by atoms with Gasteiger partial charge in [0.2, 0.25) is 5.95 Å². The van der Waals surface area contributed by atoms with Crippen molar-refractivity contribution in [2.24, 2.45) is 0 Å². The first kappa shape index (κ1) is 11.2. The van der Waals surface area contributed by atoms with Crippen LogP contribution >= 0.6 is 0 Å². The van der Waals surface area contributed by atoms with E-state index in [0.29, 0.717) is 11.5 Å². The third-order valence-electron chi connectivity index (χ3n) is 2.42. The zero-order valence-corrected chi connectivity index (χ0v) is 9.61. The molecular weight excluding hydrogens is 218 g/mol. The molecule has 0 unspecified atom stereocenters. The molecule has 88 valence electrons. The molecule has 0 fully saturated rings. The van der Waals surface area contributed by atoms with Gasteiger partial charge in [0.05, 0.1) is 5.56 Å². The third kappa shape index (κ3) is 2.28. The molecule has 2 rings (SSSR count). The summed E-state index contributed by atoms with van der Waals surface area (Å²) >= 11 is 0. The number of nitrogens with one attached hydrogen (secondary N) is 2. The molecule has 0 saturated heterocycles. The lowest BCUT2D eigenvalue weighted by Crippen LogP contribution is -2.13. The van der Waals surface area contributed by atoms with E-state index in [0.717, 1.165) is 5.69 Å². The Balaban J connectivity index is 2.23. The Morgan fingerprint density at radius 3 is 2.82 bits per heavy atom. The maximum Gasteiger partial charge on any atom is 0.261 e. The van der Waals surface area contributed by atoms with Gasteiger partial charge < -0.3 is 10.1 Å². The fraction of sp³-hybridized carbons (Fsp3) is 0.167. The van der Waals surface area contributed by atoms with Crippen molar-refractivity contribution in [3.63, 3.8) is 0 Å². The zero-order valence-electron chi connectivity index (χ0n) is 9.61. The minimum Gasteiger partial charge on any atom is -0.507 e. The van der Waals surface area contributed by atoms with Gasteiger partial charge in [-0.3, -0.25) is 10.1 Å². The van der Waals surface area contributed by atoms with Crippen molar-refractivity contribution in [2.45, 2.75) is 13.8 Å². The minimum absolute atomic E-state index is 0.00622. The molecule has 0 aliphatic rings. The molecule has 1 aromatic heterocycles. The molecule has 1 aromatic carbocycles. The number of rotatable bonds is 2. The van der Waals surface area contributed by atoms with Crippen molar-refractivity contribution >= 4 is 11.9 Å². The van der Waals surface area contributed by atoms with Crippen LogP contribution in [0.4, 0.5) is 5.95 Å². The van der Waals surface area contributed by atoms with Gasteiger partial charge in [-0.1, -0.05) is 12.1 Å². The van der Waals surface area contributed by atoms with Crippen LogP contribution in [0, 0.1) is 13.8 Å². The van der Waals surface area contributed by atoms with Crippen LogP contribution in [-0.2, 0) is 0 Å². The van der Waals surface area contributed by atoms with Crippen LogP contribution in [0.2, 0.25) is 0 Å². The number of amides is 1. The highest BCUT2D eigenvalue weighted by molar-refractivity contribution is 6.05. The summed E-state index contributed by atoms with van der Waals surface area (Å²) < 4.78 is 0. The lowest BCUT2D eigenvalue weighted by Gasteiger charge is -2.06. The Morgan fingerprint density at radius 2 is 2.18 bits per heavy atom. The molecule has 0 spiro atoms. The predicted molar refractivity (Wildman–Crippen MR) is 64.1 cm³/mol. The molecule has 2 aromatic rings. The standard InChI is InChI=1S/C12H13N3O2/c1-7-4-3-5-9(10(7)16)11(17)15-12-13-6-8(2)14-12/h3-6,16H,1-2H3,(H2,13,14,15,17). The van der Waals surface area contributed by atoms with Crippen LogP contribution in [0.25, 0.3) is 0 Å². The fourth-order valence-corrected chi connectivity index (χ4v) is 1.49. The highest BCUT2D eigenvalue weighted by Crippen LogP contribution is 2.21. The second-order valence-electron chi connectivity index (χ2n) is 3.84. The molecule has 5 heteroatoms. The van der Waals surface area contributed by atoms with Gasteiger partial charge in [0, 0.05) is 11.9 Å². The van der Waals surface area contributed by atoms with E-state index >= 15 is 0 Å². The van der Waals surface area contributed by atoms with E-state index in [9.17, 15) is 9.90 Å². The molecule has 0 aliphatic carbocycles. The molecule has 3 N–H and O–H groups in total. The maximum absolute atomic E-state index is 11.9. The van der Waals surface area contributed by atoms with Gasteiger partial charge in [0.25, 0.3) is 5.91 Å². The van der Waals surface area contributed by atoms with Gasteiger partial charge in [0.15, 0.2) is 0 Å². The van der Waals surface area contributed by atoms with Crippen molar-refractivity contribution in [3.8, 4) is 5.75 Å². The number of aromatic nitrogens is 2. The topological polar surface area (TPSA) is 78.0 Å². The molecule has 17 heavy (non-hydrogen) atoms. The van der Waals surface area contributed by atoms with Crippen molar-refractivity contribution in [3.05, 3.63) is 41.2 Å². The van der Waals surface area contributed by atoms with Crippen LogP contribution < -0.4 is 5.32 Å². The third-order valence-corrected chi connectivity index (χ3v) is 2.42. The second kappa shape index (κ2) is 4.29. The number of phenolic OH excluding ortho intramolecular Hbond substituents is 1. The Kier molecular flexibility index (Phi) is 2.82. The highest BCUT2D eigenvalue weighted by Gasteiger charge is 2.13. The monoisotopic (exact) mass is 231 g/mol. The molecule has 0 aliphatic heterocycles. The number of aromatic hydroxyl groups is 1. The molecule has 0 radical (unpaired) electrons. The first-order valence-electron chi connectivity index (χ1n) is 5.19. The van der Waals surface area contributed by atoms with Crippen molar-refractivity contribution in [1.82, 2.24) is 9.97 Å². The van der Waals surface area contributed by atoms with Gasteiger partial charge in [-0.25, -0.2) is 4.98 Å². The Morgan fingerprint density at radius 1 is 1.41 bits per heavy atom. The lowest BCUT2D eigenvalue weighted by atomic mass is 10.1. The number of aryl methyl sites for hydroxylation is 2. The fourth-order valence-electron chi connectivity index (χ4n) is 1.49. The van der Waals surface area contributed by atoms with Crippen molar-refractivity contribution in [1.29, 1.82) is 0 Å². The number of H-pyrrole nitrogens is 1. The van der Waals surface area contributed by atoms with Gasteiger partial charge in [0.1, 0.15) is 5.75 Å². The van der Waals surface area contributed by atoms with E-state index < -0.39 is 0 Å². The molecule has 5 nitrogen and oxygen atoms in total. The average Bonchev–Trinajstić information content (AvgIpc) is 2.68. The smallest absolute Gasteiger partial charge is 0.261 e. The van der Waals surface area contributed by atoms with Gasteiger partial charge in [-0.2, -0.15) is 0 Å². The minimum atomic E-state index is -0.388. The number of para-hydroxylation sites is 1. The summed E-state index contributed by atoms with van der Waals surface area (Å²) in [4.78, 5) is 18.7. The van der Waals surface area contributed by atoms with E-state index in [2.05, 4.69) is 15.3 Å². The van der Waals surface area contributed by atoms with Crippen LogP contribution in [0.5, 0.6) is 5.75 Å². The summed E-state index contributed by atoms with van der Waals surface area (Å²) in [6, 6.07) is 5.02. The van der Waals surface area contributed by atoms with Crippen LogP contribution in [0.15, 0.2) is 24.4 Å². The Labute approximate surface area is 98.5 Å². The molecule has 1 heterocycles. The van der Waals surface area contributed by atoms with E-state index in [1.54, 1.807) is 31.3 Å². The Hall–Kier alpha value is -2.30. The van der Waals surface area contributed by atoms with E-state index in [1.807, 2.05) is 6.92 Å². The number of carbonyl (C=O) groups is 1. The summed E-state index contributed by atoms with van der Waals surface area (Å²) in [5.74, 6) is -0.0257. The van der Waals surface area contributed by atoms with E-state index in [4.69, 9.17) is 0 Å². The van der Waals surface area contributed by atoms with Crippen LogP contribution in [0.1, 0.15) is 21.6 Å². The summed E-state index contributed by atoms with van der Waals surface area (Å²) in [7, 11) is 0.